The number of para-hydroxylation sites is 2. The van der Waals surface area contributed by atoms with E-state index >= 15 is 0 Å². The number of rotatable bonds is 1. The molecule has 0 radical (unpaired) electrons. The Labute approximate surface area is 85.8 Å². The second-order valence-electron chi connectivity index (χ2n) is 2.78. The minimum atomic E-state index is -3.74. The molecule has 1 aliphatic heterocycles. The molecule has 0 bridgehead atoms. The van der Waals surface area contributed by atoms with Crippen LogP contribution in [0.1, 0.15) is 0 Å². The maximum Gasteiger partial charge on any atom is 0.274 e. The van der Waals surface area contributed by atoms with E-state index in [1.54, 1.807) is 24.3 Å². The maximum absolute atomic E-state index is 11.0. The van der Waals surface area contributed by atoms with Gasteiger partial charge >= 0.3 is 0 Å². The minimum absolute atomic E-state index is 0.0805. The van der Waals surface area contributed by atoms with Crippen LogP contribution in [-0.2, 0) is 9.05 Å². The molecule has 14 heavy (non-hydrogen) atoms. The van der Waals surface area contributed by atoms with Gasteiger partial charge in [0, 0.05) is 10.7 Å². The molecule has 0 amide bonds. The summed E-state index contributed by atoms with van der Waals surface area (Å²) in [6.45, 7) is -0.0805. The van der Waals surface area contributed by atoms with Crippen molar-refractivity contribution >= 4 is 19.7 Å². The molecule has 0 saturated carbocycles. The molecule has 1 heterocycles. The number of halogens is 1. The van der Waals surface area contributed by atoms with E-state index in [4.69, 9.17) is 20.2 Å². The molecule has 0 N–H and O–H groups in total. The quantitative estimate of drug-likeness (QED) is 0.689. The van der Waals surface area contributed by atoms with Crippen molar-refractivity contribution in [2.24, 2.45) is 0 Å². The molecular formula is C8H7ClO4S. The van der Waals surface area contributed by atoms with Crippen LogP contribution in [0.25, 0.3) is 0 Å². The van der Waals surface area contributed by atoms with Gasteiger partial charge in [0.15, 0.2) is 11.5 Å². The van der Waals surface area contributed by atoms with Crippen molar-refractivity contribution in [2.75, 3.05) is 6.61 Å². The van der Waals surface area contributed by atoms with Crippen LogP contribution in [0.4, 0.5) is 0 Å². The zero-order valence-electron chi connectivity index (χ0n) is 7.01. The Bertz CT molecular complexity index is 442. The van der Waals surface area contributed by atoms with E-state index in [-0.39, 0.29) is 6.61 Å². The average molecular weight is 235 g/mol. The Hall–Kier alpha value is -0.940. The Kier molecular flexibility index (Phi) is 2.28. The van der Waals surface area contributed by atoms with Gasteiger partial charge in [-0.05, 0) is 12.1 Å². The second-order valence-corrected chi connectivity index (χ2v) is 5.55. The van der Waals surface area contributed by atoms with Gasteiger partial charge in [-0.25, -0.2) is 8.42 Å². The number of fused-ring (bicyclic) bond motifs is 1. The van der Waals surface area contributed by atoms with Gasteiger partial charge in [-0.1, -0.05) is 12.1 Å². The summed E-state index contributed by atoms with van der Waals surface area (Å²) in [6.07, 6.45) is 0. The van der Waals surface area contributed by atoms with Gasteiger partial charge in [0.05, 0.1) is 0 Å². The van der Waals surface area contributed by atoms with E-state index < -0.39 is 14.5 Å². The molecule has 1 atom stereocenters. The lowest BCUT2D eigenvalue weighted by Gasteiger charge is -2.23. The summed E-state index contributed by atoms with van der Waals surface area (Å²) in [5, 5.41) is 0. The fourth-order valence-electron chi connectivity index (χ4n) is 1.14. The lowest BCUT2D eigenvalue weighted by Crippen LogP contribution is -2.33. The van der Waals surface area contributed by atoms with Crippen LogP contribution in [0.5, 0.6) is 11.5 Å². The SMILES string of the molecule is O=S(=O)(Cl)[C@@H]1COc2ccccc2O1. The maximum atomic E-state index is 11.0. The van der Waals surface area contributed by atoms with Crippen molar-refractivity contribution in [3.05, 3.63) is 24.3 Å². The Morgan fingerprint density at radius 1 is 1.29 bits per heavy atom. The molecule has 4 nitrogen and oxygen atoms in total. The summed E-state index contributed by atoms with van der Waals surface area (Å²) < 4.78 is 32.2. The number of ether oxygens (including phenoxy) is 2. The van der Waals surface area contributed by atoms with Crippen LogP contribution in [0.2, 0.25) is 0 Å². The highest BCUT2D eigenvalue weighted by atomic mass is 35.7. The van der Waals surface area contributed by atoms with Crippen LogP contribution in [0, 0.1) is 0 Å². The smallest absolute Gasteiger partial charge is 0.274 e. The highest BCUT2D eigenvalue weighted by Gasteiger charge is 2.30. The van der Waals surface area contributed by atoms with Crippen LogP contribution in [-0.4, -0.2) is 20.5 Å². The fourth-order valence-corrected chi connectivity index (χ4v) is 1.85. The molecule has 0 unspecified atom stereocenters. The van der Waals surface area contributed by atoms with Gasteiger partial charge in [-0.3, -0.25) is 0 Å². The van der Waals surface area contributed by atoms with E-state index in [1.165, 1.54) is 0 Å². The normalized spacial score (nSPS) is 20.5. The monoisotopic (exact) mass is 234 g/mol. The Morgan fingerprint density at radius 2 is 1.93 bits per heavy atom. The first kappa shape index (κ1) is 9.61. The topological polar surface area (TPSA) is 52.6 Å². The summed E-state index contributed by atoms with van der Waals surface area (Å²) in [5.74, 6) is 0.928. The van der Waals surface area contributed by atoms with E-state index in [9.17, 15) is 8.42 Å². The van der Waals surface area contributed by atoms with Crippen molar-refractivity contribution in [1.29, 1.82) is 0 Å². The number of hydrogen-bond donors (Lipinski definition) is 0. The molecule has 1 aromatic carbocycles. The minimum Gasteiger partial charge on any atom is -0.485 e. The molecule has 76 valence electrons. The van der Waals surface area contributed by atoms with Crippen molar-refractivity contribution in [1.82, 2.24) is 0 Å². The van der Waals surface area contributed by atoms with Gasteiger partial charge in [0.25, 0.3) is 9.05 Å². The first-order valence-electron chi connectivity index (χ1n) is 3.89. The average Bonchev–Trinajstić information content (AvgIpc) is 2.16. The van der Waals surface area contributed by atoms with Gasteiger partial charge in [0.1, 0.15) is 6.61 Å². The van der Waals surface area contributed by atoms with Crippen molar-refractivity contribution in [3.8, 4) is 11.5 Å². The standard InChI is InChI=1S/C8H7ClO4S/c9-14(10,11)8-5-12-6-3-1-2-4-7(6)13-8/h1-4,8H,5H2/t8-/m1/s1. The molecular weight excluding hydrogens is 228 g/mol. The van der Waals surface area contributed by atoms with Crippen molar-refractivity contribution in [2.45, 2.75) is 5.44 Å². The van der Waals surface area contributed by atoms with Gasteiger partial charge < -0.3 is 9.47 Å². The largest absolute Gasteiger partial charge is 0.485 e. The van der Waals surface area contributed by atoms with Crippen LogP contribution in [0.3, 0.4) is 0 Å². The molecule has 0 saturated heterocycles. The van der Waals surface area contributed by atoms with Gasteiger partial charge in [-0.15, -0.1) is 0 Å². The van der Waals surface area contributed by atoms with Crippen LogP contribution >= 0.6 is 10.7 Å². The third-order valence-corrected chi connectivity index (χ3v) is 3.25. The first-order valence-corrected chi connectivity index (χ1v) is 6.26. The van der Waals surface area contributed by atoms with E-state index in [0.29, 0.717) is 11.5 Å². The van der Waals surface area contributed by atoms with E-state index in [2.05, 4.69) is 0 Å². The van der Waals surface area contributed by atoms with Crippen molar-refractivity contribution in [3.63, 3.8) is 0 Å². The molecule has 2 rings (SSSR count). The van der Waals surface area contributed by atoms with Crippen LogP contribution < -0.4 is 9.47 Å². The molecule has 1 aliphatic rings. The molecule has 1 aromatic rings. The summed E-state index contributed by atoms with van der Waals surface area (Å²) in [5.41, 5.74) is -1.13. The van der Waals surface area contributed by atoms with E-state index in [1.807, 2.05) is 0 Å². The summed E-state index contributed by atoms with van der Waals surface area (Å²) in [7, 11) is 1.40. The van der Waals surface area contributed by atoms with Gasteiger partial charge in [0.2, 0.25) is 5.44 Å². The molecule has 0 aliphatic carbocycles. The van der Waals surface area contributed by atoms with E-state index in [0.717, 1.165) is 0 Å². The fraction of sp³-hybridized carbons (Fsp3) is 0.250. The predicted molar refractivity (Wildman–Crippen MR) is 51.1 cm³/mol. The highest BCUT2D eigenvalue weighted by molar-refractivity contribution is 8.14. The highest BCUT2D eigenvalue weighted by Crippen LogP contribution is 2.32. The zero-order valence-corrected chi connectivity index (χ0v) is 8.59. The second kappa shape index (κ2) is 3.33. The number of benzene rings is 1. The Morgan fingerprint density at radius 3 is 2.57 bits per heavy atom. The lowest BCUT2D eigenvalue weighted by atomic mass is 10.3. The number of hydrogen-bond acceptors (Lipinski definition) is 4. The molecule has 0 aromatic heterocycles. The van der Waals surface area contributed by atoms with Gasteiger partial charge in [-0.2, -0.15) is 0 Å². The zero-order chi connectivity index (χ0) is 10.2. The summed E-state index contributed by atoms with van der Waals surface area (Å²) >= 11 is 0. The third kappa shape index (κ3) is 1.78. The summed E-state index contributed by atoms with van der Waals surface area (Å²) in [6, 6.07) is 6.83. The molecule has 0 spiro atoms. The Balaban J connectivity index is 2.30. The first-order chi connectivity index (χ1) is 6.57. The molecule has 6 heteroatoms. The molecule has 0 fully saturated rings. The summed E-state index contributed by atoms with van der Waals surface area (Å²) in [4.78, 5) is 0. The third-order valence-electron chi connectivity index (χ3n) is 1.80. The van der Waals surface area contributed by atoms with Crippen LogP contribution in [0.15, 0.2) is 24.3 Å². The predicted octanol–water partition coefficient (Wildman–Crippen LogP) is 1.35. The lowest BCUT2D eigenvalue weighted by molar-refractivity contribution is 0.143. The van der Waals surface area contributed by atoms with Crippen molar-refractivity contribution < 1.29 is 17.9 Å².